The minimum Gasteiger partial charge on any atom is -0.455 e. The van der Waals surface area contributed by atoms with Gasteiger partial charge in [0.25, 0.3) is 0 Å². The molecule has 99 heavy (non-hydrogen) atoms. The van der Waals surface area contributed by atoms with E-state index in [4.69, 9.17) is 8.83 Å². The molecular weight excluding hydrogens is 1200 g/mol. The van der Waals surface area contributed by atoms with Crippen molar-refractivity contribution >= 4 is 65.7 Å². The molecule has 4 aliphatic rings. The SMILES string of the molecule is CC1(C)c2ccccc2-c2ccc(-c3ccc4oc5c(-c6ccc7[nH]c8ccc(-c9cc(-c%10ccc%11c(c%10)C(C)(C)c%10ccccc%10-%11)cc%10c9oc9ccc(-c%11ccc%12c(c%11)C(C)(C)c%11ccccc%11-%12)cc9%10)cc8c7c6)cc(-c6ccc7c(c6)C(C)(C)c6ccccc6-7)cc5c4c3)cc21. The van der Waals surface area contributed by atoms with Crippen LogP contribution < -0.4 is 0 Å². The van der Waals surface area contributed by atoms with Crippen LogP contribution in [0.3, 0.4) is 0 Å². The summed E-state index contributed by atoms with van der Waals surface area (Å²) in [6.45, 7) is 18.9. The fourth-order valence-corrected chi connectivity index (χ4v) is 18.6. The summed E-state index contributed by atoms with van der Waals surface area (Å²) in [6, 6.07) is 101. The van der Waals surface area contributed by atoms with Crippen LogP contribution in [0.5, 0.6) is 0 Å². The number of H-pyrrole nitrogens is 1. The average Bonchev–Trinajstić information content (AvgIpc) is 1.61. The number of rotatable bonds is 6. The van der Waals surface area contributed by atoms with Crippen molar-refractivity contribution in [1.82, 2.24) is 4.98 Å². The summed E-state index contributed by atoms with van der Waals surface area (Å²) in [7, 11) is 0. The quantitative estimate of drug-likeness (QED) is 0.180. The van der Waals surface area contributed by atoms with Crippen LogP contribution in [0.25, 0.3) is 177 Å². The molecule has 0 amide bonds. The summed E-state index contributed by atoms with van der Waals surface area (Å²) in [6.07, 6.45) is 0. The molecule has 470 valence electrons. The van der Waals surface area contributed by atoms with Crippen molar-refractivity contribution in [3.63, 3.8) is 0 Å². The fourth-order valence-electron chi connectivity index (χ4n) is 18.6. The van der Waals surface area contributed by atoms with E-state index in [9.17, 15) is 0 Å². The van der Waals surface area contributed by atoms with E-state index in [0.29, 0.717) is 0 Å². The minimum absolute atomic E-state index is 0.111. The number of aromatic amines is 1. The lowest BCUT2D eigenvalue weighted by molar-refractivity contribution is 0.660. The van der Waals surface area contributed by atoms with Crippen molar-refractivity contribution in [2.45, 2.75) is 77.0 Å². The maximum Gasteiger partial charge on any atom is 0.143 e. The molecule has 3 nitrogen and oxygen atoms in total. The third-order valence-electron chi connectivity index (χ3n) is 24.0. The Labute approximate surface area is 575 Å². The molecule has 0 saturated carbocycles. The molecule has 17 aromatic rings. The summed E-state index contributed by atoms with van der Waals surface area (Å²) >= 11 is 0. The first-order valence-corrected chi connectivity index (χ1v) is 35.1. The summed E-state index contributed by atoms with van der Waals surface area (Å²) < 4.78 is 14.4. The van der Waals surface area contributed by atoms with Crippen LogP contribution in [-0.2, 0) is 21.7 Å². The lowest BCUT2D eigenvalue weighted by atomic mass is 9.81. The zero-order valence-corrected chi connectivity index (χ0v) is 56.7. The zero-order valence-electron chi connectivity index (χ0n) is 56.7. The van der Waals surface area contributed by atoms with E-state index in [1.165, 1.54) is 122 Å². The predicted molar refractivity (Wildman–Crippen MR) is 413 cm³/mol. The molecule has 0 radical (unpaired) electrons. The summed E-state index contributed by atoms with van der Waals surface area (Å²) in [5.74, 6) is 0. The highest BCUT2D eigenvalue weighted by Crippen LogP contribution is 2.56. The van der Waals surface area contributed by atoms with Gasteiger partial charge in [-0.15, -0.1) is 0 Å². The first kappa shape index (κ1) is 56.6. The average molecular weight is 1270 g/mol. The lowest BCUT2D eigenvalue weighted by Crippen LogP contribution is -2.14. The van der Waals surface area contributed by atoms with Crippen LogP contribution in [0.2, 0.25) is 0 Å². The first-order valence-electron chi connectivity index (χ1n) is 35.1. The zero-order chi connectivity index (χ0) is 66.3. The van der Waals surface area contributed by atoms with Crippen LogP contribution in [0.1, 0.15) is 99.9 Å². The highest BCUT2D eigenvalue weighted by atomic mass is 16.3. The highest BCUT2D eigenvalue weighted by Gasteiger charge is 2.40. The summed E-state index contributed by atoms with van der Waals surface area (Å²) in [5.41, 5.74) is 40.3. The topological polar surface area (TPSA) is 42.1 Å². The van der Waals surface area contributed by atoms with Crippen molar-refractivity contribution in [3.05, 3.63) is 311 Å². The van der Waals surface area contributed by atoms with Crippen molar-refractivity contribution in [2.75, 3.05) is 0 Å². The number of benzene rings is 14. The van der Waals surface area contributed by atoms with Crippen molar-refractivity contribution in [1.29, 1.82) is 0 Å². The van der Waals surface area contributed by atoms with Crippen LogP contribution in [0.4, 0.5) is 0 Å². The molecule has 0 unspecified atom stereocenters. The molecule has 21 rings (SSSR count). The largest absolute Gasteiger partial charge is 0.455 e. The van der Waals surface area contributed by atoms with Crippen LogP contribution in [0, 0.1) is 0 Å². The third kappa shape index (κ3) is 7.85. The van der Waals surface area contributed by atoms with E-state index < -0.39 is 0 Å². The molecule has 0 saturated heterocycles. The van der Waals surface area contributed by atoms with Gasteiger partial charge < -0.3 is 13.8 Å². The van der Waals surface area contributed by atoms with Gasteiger partial charge in [0, 0.05) is 76.1 Å². The molecule has 4 aliphatic carbocycles. The van der Waals surface area contributed by atoms with E-state index >= 15 is 0 Å². The molecule has 0 atom stereocenters. The van der Waals surface area contributed by atoms with E-state index in [1.807, 2.05) is 0 Å². The minimum atomic E-state index is -0.154. The standard InChI is InChI=1S/C96H69NO2/c1-93(2)79-21-13-9-17-63(79)67-33-25-55(49-83(67)93)53-31-39-89-75(41-53)77-47-61(57-27-35-69-65-19-11-15-23-81(65)95(5,6)85(69)51-57)45-71(91(77)98-89)59-29-37-87-73(43-59)74-44-60(30-38-88(74)97-87)72-46-62(58-28-36-70-66-20-12-16-24-82(66)96(7,8)86(70)52-58)48-78-76-42-54(32-40-90(76)99-92(72)78)56-26-34-68-64-18-10-14-22-80(64)94(3,4)84(68)50-56/h9-52,97H,1-8H3. The third-order valence-corrected chi connectivity index (χ3v) is 24.0. The fraction of sp³-hybridized carbons (Fsp3) is 0.125. The molecule has 3 aromatic heterocycles. The molecular formula is C96H69NO2. The number of furan rings is 2. The molecule has 0 aliphatic heterocycles. The van der Waals surface area contributed by atoms with Gasteiger partial charge in [-0.1, -0.05) is 225 Å². The summed E-state index contributed by atoms with van der Waals surface area (Å²) in [4.78, 5) is 3.85. The number of hydrogen-bond acceptors (Lipinski definition) is 2. The number of fused-ring (bicyclic) bond motifs is 21. The second kappa shape index (κ2) is 19.6. The van der Waals surface area contributed by atoms with Crippen molar-refractivity contribution in [2.24, 2.45) is 0 Å². The van der Waals surface area contributed by atoms with Gasteiger partial charge in [-0.2, -0.15) is 0 Å². The number of hydrogen-bond donors (Lipinski definition) is 1. The maximum atomic E-state index is 7.19. The molecule has 0 spiro atoms. The van der Waals surface area contributed by atoms with Gasteiger partial charge in [-0.05, 0) is 242 Å². The molecule has 14 aromatic carbocycles. The Morgan fingerprint density at radius 1 is 0.202 bits per heavy atom. The molecule has 3 heterocycles. The van der Waals surface area contributed by atoms with E-state index in [-0.39, 0.29) is 21.7 Å². The second-order valence-electron chi connectivity index (χ2n) is 30.8. The Morgan fingerprint density at radius 2 is 0.465 bits per heavy atom. The Morgan fingerprint density at radius 3 is 0.808 bits per heavy atom. The Balaban J connectivity index is 0.733. The van der Waals surface area contributed by atoms with E-state index in [0.717, 1.165) is 99.1 Å². The summed E-state index contributed by atoms with van der Waals surface area (Å²) in [5, 5.41) is 6.67. The smallest absolute Gasteiger partial charge is 0.143 e. The lowest BCUT2D eigenvalue weighted by Gasteiger charge is -2.22. The van der Waals surface area contributed by atoms with E-state index in [2.05, 4.69) is 327 Å². The second-order valence-corrected chi connectivity index (χ2v) is 30.8. The molecule has 1 N–H and O–H groups in total. The first-order chi connectivity index (χ1) is 48.0. The number of nitrogens with one attached hydrogen (secondary N) is 1. The molecule has 3 heteroatoms. The van der Waals surface area contributed by atoms with Gasteiger partial charge in [0.1, 0.15) is 22.3 Å². The van der Waals surface area contributed by atoms with Crippen molar-refractivity contribution in [3.8, 4) is 111 Å². The van der Waals surface area contributed by atoms with Gasteiger partial charge in [-0.3, -0.25) is 0 Å². The Hall–Kier alpha value is -11.5. The van der Waals surface area contributed by atoms with Gasteiger partial charge >= 0.3 is 0 Å². The van der Waals surface area contributed by atoms with Gasteiger partial charge in [0.05, 0.1) is 0 Å². The monoisotopic (exact) mass is 1270 g/mol. The predicted octanol–water partition coefficient (Wildman–Crippen LogP) is 26.3. The highest BCUT2D eigenvalue weighted by molar-refractivity contribution is 6.17. The van der Waals surface area contributed by atoms with Gasteiger partial charge in [0.2, 0.25) is 0 Å². The molecule has 0 fully saturated rings. The van der Waals surface area contributed by atoms with Gasteiger partial charge in [0.15, 0.2) is 0 Å². The maximum absolute atomic E-state index is 7.19. The molecule has 0 bridgehead atoms. The Bertz CT molecular complexity index is 6090. The van der Waals surface area contributed by atoms with Crippen LogP contribution in [-0.4, -0.2) is 4.98 Å². The van der Waals surface area contributed by atoms with Gasteiger partial charge in [-0.25, -0.2) is 0 Å². The van der Waals surface area contributed by atoms with Crippen LogP contribution in [0.15, 0.2) is 276 Å². The normalized spacial score (nSPS) is 15.2. The van der Waals surface area contributed by atoms with Crippen LogP contribution >= 0.6 is 0 Å². The van der Waals surface area contributed by atoms with Crippen molar-refractivity contribution < 1.29 is 8.83 Å². The Kier molecular flexibility index (Phi) is 11.2. The number of aromatic nitrogens is 1. The van der Waals surface area contributed by atoms with E-state index in [1.54, 1.807) is 0 Å².